The van der Waals surface area contributed by atoms with Gasteiger partial charge in [-0.3, -0.25) is 9.89 Å². The summed E-state index contributed by atoms with van der Waals surface area (Å²) in [6, 6.07) is 9.95. The number of hydrogen-bond acceptors (Lipinski definition) is 3. The molecule has 0 radical (unpaired) electrons. The van der Waals surface area contributed by atoms with Crippen LogP contribution in [0.1, 0.15) is 41.6 Å². The molecule has 2 aliphatic rings. The number of carbonyl (C=O) groups excluding carboxylic acids is 1. The van der Waals surface area contributed by atoms with Gasteiger partial charge < -0.3 is 9.64 Å². The molecule has 5 nitrogen and oxygen atoms in total. The van der Waals surface area contributed by atoms with E-state index in [2.05, 4.69) is 16.3 Å². The smallest absolute Gasteiger partial charge is 0.233 e. The maximum absolute atomic E-state index is 13.0. The van der Waals surface area contributed by atoms with Gasteiger partial charge in [0.1, 0.15) is 18.3 Å². The van der Waals surface area contributed by atoms with Crippen molar-refractivity contribution in [1.82, 2.24) is 15.1 Å². The minimum atomic E-state index is -0.161. The number of carbonyl (C=O) groups is 1. The summed E-state index contributed by atoms with van der Waals surface area (Å²) >= 11 is 0. The molecule has 1 N–H and O–H groups in total. The van der Waals surface area contributed by atoms with E-state index < -0.39 is 0 Å². The summed E-state index contributed by atoms with van der Waals surface area (Å²) in [4.78, 5) is 15.0. The summed E-state index contributed by atoms with van der Waals surface area (Å²) in [5.74, 6) is 1.20. The number of H-pyrrole nitrogens is 1. The number of amides is 1. The van der Waals surface area contributed by atoms with E-state index in [1.165, 1.54) is 0 Å². The molecule has 3 heterocycles. The van der Waals surface area contributed by atoms with Crippen molar-refractivity contribution in [3.8, 4) is 5.75 Å². The highest BCUT2D eigenvalue weighted by Crippen LogP contribution is 2.36. The monoisotopic (exact) mass is 311 g/mol. The number of benzene rings is 1. The molecule has 1 saturated heterocycles. The van der Waals surface area contributed by atoms with E-state index in [0.29, 0.717) is 12.5 Å². The lowest BCUT2D eigenvalue weighted by atomic mass is 9.92. The SMILES string of the molecule is Cc1cc([C@@H]2CCCN(C(=O)[C@H]3COc4ccccc43)C2)n[nH]1. The second-order valence-electron chi connectivity index (χ2n) is 6.50. The van der Waals surface area contributed by atoms with E-state index in [0.717, 1.165) is 48.6 Å². The standard InChI is InChI=1S/C18H21N3O2/c1-12-9-16(20-19-12)13-5-4-8-21(10-13)18(22)15-11-23-17-7-3-2-6-14(15)17/h2-3,6-7,9,13,15H,4-5,8,10-11H2,1H3,(H,19,20)/t13-,15+/m1/s1. The number of para-hydroxylation sites is 1. The van der Waals surface area contributed by atoms with Crippen molar-refractivity contribution in [1.29, 1.82) is 0 Å². The van der Waals surface area contributed by atoms with Crippen molar-refractivity contribution in [2.75, 3.05) is 19.7 Å². The van der Waals surface area contributed by atoms with Crippen molar-refractivity contribution in [2.24, 2.45) is 0 Å². The van der Waals surface area contributed by atoms with Crippen LogP contribution in [0, 0.1) is 6.92 Å². The molecule has 0 aliphatic carbocycles. The van der Waals surface area contributed by atoms with Gasteiger partial charge in [-0.05, 0) is 31.9 Å². The zero-order valence-corrected chi connectivity index (χ0v) is 13.3. The molecule has 0 unspecified atom stereocenters. The third-order valence-corrected chi connectivity index (χ3v) is 4.88. The van der Waals surface area contributed by atoms with Gasteiger partial charge in [0.2, 0.25) is 5.91 Å². The van der Waals surface area contributed by atoms with Gasteiger partial charge in [0.15, 0.2) is 0 Å². The maximum Gasteiger partial charge on any atom is 0.233 e. The Hall–Kier alpha value is -2.30. The summed E-state index contributed by atoms with van der Waals surface area (Å²) in [5, 5.41) is 7.38. The van der Waals surface area contributed by atoms with Gasteiger partial charge in [-0.1, -0.05) is 18.2 Å². The third-order valence-electron chi connectivity index (χ3n) is 4.88. The largest absolute Gasteiger partial charge is 0.492 e. The highest BCUT2D eigenvalue weighted by molar-refractivity contribution is 5.85. The van der Waals surface area contributed by atoms with Crippen LogP contribution in [0.25, 0.3) is 0 Å². The lowest BCUT2D eigenvalue weighted by molar-refractivity contribution is -0.134. The van der Waals surface area contributed by atoms with Crippen LogP contribution in [0.4, 0.5) is 0 Å². The number of aryl methyl sites for hydroxylation is 1. The molecule has 0 spiro atoms. The lowest BCUT2D eigenvalue weighted by Crippen LogP contribution is -2.42. The van der Waals surface area contributed by atoms with Crippen molar-refractivity contribution >= 4 is 5.91 Å². The topological polar surface area (TPSA) is 58.2 Å². The molecule has 1 aromatic heterocycles. The van der Waals surface area contributed by atoms with E-state index in [-0.39, 0.29) is 11.8 Å². The van der Waals surface area contributed by atoms with Crippen LogP contribution in [0.3, 0.4) is 0 Å². The molecule has 120 valence electrons. The Labute approximate surface area is 135 Å². The summed E-state index contributed by atoms with van der Waals surface area (Å²) in [7, 11) is 0. The first-order valence-corrected chi connectivity index (χ1v) is 8.25. The van der Waals surface area contributed by atoms with Crippen molar-refractivity contribution in [3.05, 3.63) is 47.3 Å². The Morgan fingerprint density at radius 1 is 1.39 bits per heavy atom. The quantitative estimate of drug-likeness (QED) is 0.927. The van der Waals surface area contributed by atoms with E-state index >= 15 is 0 Å². The fraction of sp³-hybridized carbons (Fsp3) is 0.444. The van der Waals surface area contributed by atoms with Crippen LogP contribution in [-0.4, -0.2) is 40.7 Å². The number of fused-ring (bicyclic) bond motifs is 1. The lowest BCUT2D eigenvalue weighted by Gasteiger charge is -2.33. The highest BCUT2D eigenvalue weighted by Gasteiger charge is 2.35. The van der Waals surface area contributed by atoms with Gasteiger partial charge in [0.05, 0.1) is 5.69 Å². The first-order chi connectivity index (χ1) is 11.2. The van der Waals surface area contributed by atoms with E-state index in [9.17, 15) is 4.79 Å². The predicted octanol–water partition coefficient (Wildman–Crippen LogP) is 2.60. The van der Waals surface area contributed by atoms with Crippen LogP contribution < -0.4 is 4.74 Å². The van der Waals surface area contributed by atoms with E-state index in [4.69, 9.17) is 4.74 Å². The first-order valence-electron chi connectivity index (χ1n) is 8.25. The molecule has 1 aromatic carbocycles. The number of piperidine rings is 1. The van der Waals surface area contributed by atoms with Crippen LogP contribution >= 0.6 is 0 Å². The second kappa shape index (κ2) is 5.72. The number of likely N-dealkylation sites (tertiary alicyclic amines) is 1. The van der Waals surface area contributed by atoms with E-state index in [1.807, 2.05) is 36.1 Å². The fourth-order valence-electron chi connectivity index (χ4n) is 3.65. The predicted molar refractivity (Wildman–Crippen MR) is 86.6 cm³/mol. The van der Waals surface area contributed by atoms with Gasteiger partial charge in [0, 0.05) is 30.3 Å². The summed E-state index contributed by atoms with van der Waals surface area (Å²) in [6.07, 6.45) is 2.11. The summed E-state index contributed by atoms with van der Waals surface area (Å²) in [6.45, 7) is 4.05. The molecule has 5 heteroatoms. The molecule has 0 bridgehead atoms. The third kappa shape index (κ3) is 2.60. The van der Waals surface area contributed by atoms with Crippen LogP contribution in [0.5, 0.6) is 5.75 Å². The zero-order valence-electron chi connectivity index (χ0n) is 13.3. The summed E-state index contributed by atoms with van der Waals surface area (Å²) < 4.78 is 5.67. The van der Waals surface area contributed by atoms with Gasteiger partial charge in [0.25, 0.3) is 0 Å². The molecule has 1 fully saturated rings. The Kier molecular flexibility index (Phi) is 3.56. The molecule has 0 saturated carbocycles. The number of ether oxygens (including phenoxy) is 1. The fourth-order valence-corrected chi connectivity index (χ4v) is 3.65. The van der Waals surface area contributed by atoms with Crippen molar-refractivity contribution in [2.45, 2.75) is 31.6 Å². The number of nitrogens with one attached hydrogen (secondary N) is 1. The Balaban J connectivity index is 1.51. The number of nitrogens with zero attached hydrogens (tertiary/aromatic N) is 2. The minimum Gasteiger partial charge on any atom is -0.492 e. The Bertz CT molecular complexity index is 725. The molecule has 2 aliphatic heterocycles. The molecule has 4 rings (SSSR count). The highest BCUT2D eigenvalue weighted by atomic mass is 16.5. The molecule has 23 heavy (non-hydrogen) atoms. The van der Waals surface area contributed by atoms with Gasteiger partial charge in [-0.15, -0.1) is 0 Å². The Morgan fingerprint density at radius 3 is 3.09 bits per heavy atom. The van der Waals surface area contributed by atoms with Crippen LogP contribution in [0.15, 0.2) is 30.3 Å². The second-order valence-corrected chi connectivity index (χ2v) is 6.50. The van der Waals surface area contributed by atoms with Crippen LogP contribution in [-0.2, 0) is 4.79 Å². The van der Waals surface area contributed by atoms with Gasteiger partial charge in [-0.2, -0.15) is 5.10 Å². The van der Waals surface area contributed by atoms with Crippen LogP contribution in [0.2, 0.25) is 0 Å². The van der Waals surface area contributed by atoms with Gasteiger partial charge in [-0.25, -0.2) is 0 Å². The normalized spacial score (nSPS) is 23.4. The zero-order chi connectivity index (χ0) is 15.8. The molecular formula is C18H21N3O2. The molecule has 2 aromatic rings. The summed E-state index contributed by atoms with van der Waals surface area (Å²) in [5.41, 5.74) is 3.17. The number of aromatic nitrogens is 2. The first kappa shape index (κ1) is 14.3. The number of aromatic amines is 1. The molecular weight excluding hydrogens is 290 g/mol. The van der Waals surface area contributed by atoms with Crippen molar-refractivity contribution < 1.29 is 9.53 Å². The average molecular weight is 311 g/mol. The number of rotatable bonds is 2. The van der Waals surface area contributed by atoms with E-state index in [1.54, 1.807) is 0 Å². The molecule has 1 amide bonds. The van der Waals surface area contributed by atoms with Gasteiger partial charge >= 0.3 is 0 Å². The van der Waals surface area contributed by atoms with Crippen molar-refractivity contribution in [3.63, 3.8) is 0 Å². The minimum absolute atomic E-state index is 0.161. The Morgan fingerprint density at radius 2 is 2.26 bits per heavy atom. The average Bonchev–Trinajstić information content (AvgIpc) is 3.20. The number of hydrogen-bond donors (Lipinski definition) is 1. The maximum atomic E-state index is 13.0. The molecule has 2 atom stereocenters.